The van der Waals surface area contributed by atoms with Crippen LogP contribution in [-0.2, 0) is 5.41 Å². The fourth-order valence-corrected chi connectivity index (χ4v) is 3.62. The highest BCUT2D eigenvalue weighted by molar-refractivity contribution is 7.09. The van der Waals surface area contributed by atoms with Gasteiger partial charge in [0.1, 0.15) is 5.82 Å². The highest BCUT2D eigenvalue weighted by atomic mass is 32.1. The molecule has 0 radical (unpaired) electrons. The second-order valence-corrected chi connectivity index (χ2v) is 7.44. The fraction of sp³-hybridized carbons (Fsp3) is 0.562. The van der Waals surface area contributed by atoms with Crippen molar-refractivity contribution in [1.82, 2.24) is 14.3 Å². The molecule has 1 saturated heterocycles. The molecule has 0 spiro atoms. The molecule has 0 aliphatic carbocycles. The van der Waals surface area contributed by atoms with Gasteiger partial charge in [-0.1, -0.05) is 26.8 Å². The van der Waals surface area contributed by atoms with Crippen LogP contribution in [0.4, 0.5) is 5.13 Å². The molecule has 0 saturated carbocycles. The molecule has 1 aliphatic rings. The van der Waals surface area contributed by atoms with Gasteiger partial charge in [0.15, 0.2) is 0 Å². The van der Waals surface area contributed by atoms with Crippen LogP contribution in [0.1, 0.15) is 56.9 Å². The Kier molecular flexibility index (Phi) is 3.69. The maximum atomic E-state index is 4.77. The Morgan fingerprint density at radius 2 is 2.05 bits per heavy atom. The SMILES string of the molecule is Cc1cccc(C2CCCN2c2nc(C(C)(C)C)ns2)n1. The first-order valence-corrected chi connectivity index (χ1v) is 8.27. The number of anilines is 1. The van der Waals surface area contributed by atoms with Gasteiger partial charge in [-0.25, -0.2) is 4.98 Å². The Hall–Kier alpha value is -1.49. The highest BCUT2D eigenvalue weighted by Gasteiger charge is 2.31. The number of aryl methyl sites for hydroxylation is 1. The third-order valence-electron chi connectivity index (χ3n) is 3.84. The molecule has 3 heterocycles. The molecular weight excluding hydrogens is 280 g/mol. The summed E-state index contributed by atoms with van der Waals surface area (Å²) in [5, 5.41) is 1.03. The van der Waals surface area contributed by atoms with E-state index in [9.17, 15) is 0 Å². The fourth-order valence-electron chi connectivity index (χ4n) is 2.69. The first-order valence-electron chi connectivity index (χ1n) is 7.49. The summed E-state index contributed by atoms with van der Waals surface area (Å²) in [6.45, 7) is 9.55. The first kappa shape index (κ1) is 14.4. The maximum absolute atomic E-state index is 4.77. The van der Waals surface area contributed by atoms with E-state index in [-0.39, 0.29) is 5.41 Å². The highest BCUT2D eigenvalue weighted by Crippen LogP contribution is 2.37. The van der Waals surface area contributed by atoms with Gasteiger partial charge in [0, 0.05) is 29.2 Å². The maximum Gasteiger partial charge on any atom is 0.205 e. The topological polar surface area (TPSA) is 41.9 Å². The average molecular weight is 302 g/mol. The van der Waals surface area contributed by atoms with E-state index in [2.05, 4.69) is 42.2 Å². The zero-order valence-corrected chi connectivity index (χ0v) is 13.9. The normalized spacial score (nSPS) is 19.2. The summed E-state index contributed by atoms with van der Waals surface area (Å²) in [7, 11) is 0. The minimum Gasteiger partial charge on any atom is -0.338 e. The lowest BCUT2D eigenvalue weighted by molar-refractivity contribution is 0.553. The zero-order valence-electron chi connectivity index (χ0n) is 13.1. The standard InChI is InChI=1S/C16H22N4S/c1-11-7-5-8-12(17-11)13-9-6-10-20(13)15-18-14(19-21-15)16(2,3)4/h5,7-8,13H,6,9-10H2,1-4H3. The molecule has 3 rings (SSSR count). The number of hydrogen-bond acceptors (Lipinski definition) is 5. The third kappa shape index (κ3) is 2.93. The molecule has 1 atom stereocenters. The lowest BCUT2D eigenvalue weighted by Gasteiger charge is -2.23. The van der Waals surface area contributed by atoms with Gasteiger partial charge in [0.2, 0.25) is 5.13 Å². The minimum absolute atomic E-state index is 0.00551. The summed E-state index contributed by atoms with van der Waals surface area (Å²) >= 11 is 1.51. The van der Waals surface area contributed by atoms with E-state index in [1.807, 2.05) is 13.0 Å². The lowest BCUT2D eigenvalue weighted by atomic mass is 9.96. The van der Waals surface area contributed by atoms with Crippen molar-refractivity contribution in [1.29, 1.82) is 0 Å². The van der Waals surface area contributed by atoms with Crippen LogP contribution in [0.25, 0.3) is 0 Å². The monoisotopic (exact) mass is 302 g/mol. The van der Waals surface area contributed by atoms with E-state index >= 15 is 0 Å². The van der Waals surface area contributed by atoms with Crippen LogP contribution < -0.4 is 4.90 Å². The molecule has 4 nitrogen and oxygen atoms in total. The van der Waals surface area contributed by atoms with Gasteiger partial charge in [-0.05, 0) is 31.9 Å². The predicted octanol–water partition coefficient (Wildman–Crippen LogP) is 3.88. The van der Waals surface area contributed by atoms with Crippen LogP contribution in [0.5, 0.6) is 0 Å². The van der Waals surface area contributed by atoms with Crippen molar-refractivity contribution < 1.29 is 0 Å². The van der Waals surface area contributed by atoms with Gasteiger partial charge in [-0.3, -0.25) is 4.98 Å². The van der Waals surface area contributed by atoms with E-state index in [4.69, 9.17) is 9.97 Å². The molecule has 112 valence electrons. The molecule has 21 heavy (non-hydrogen) atoms. The largest absolute Gasteiger partial charge is 0.338 e. The average Bonchev–Trinajstić information content (AvgIpc) is 3.07. The van der Waals surface area contributed by atoms with E-state index in [0.717, 1.165) is 35.3 Å². The smallest absolute Gasteiger partial charge is 0.205 e. The van der Waals surface area contributed by atoms with E-state index in [1.54, 1.807) is 0 Å². The minimum atomic E-state index is 0.00551. The van der Waals surface area contributed by atoms with Crippen molar-refractivity contribution >= 4 is 16.7 Å². The van der Waals surface area contributed by atoms with Gasteiger partial charge in [-0.2, -0.15) is 4.37 Å². The summed E-state index contributed by atoms with van der Waals surface area (Å²) in [5.41, 5.74) is 2.23. The van der Waals surface area contributed by atoms with Crippen LogP contribution in [-0.4, -0.2) is 20.9 Å². The molecule has 2 aromatic heterocycles. The van der Waals surface area contributed by atoms with E-state index < -0.39 is 0 Å². The molecular formula is C16H22N4S. The van der Waals surface area contributed by atoms with Gasteiger partial charge in [0.05, 0.1) is 11.7 Å². The van der Waals surface area contributed by atoms with Crippen molar-refractivity contribution in [3.63, 3.8) is 0 Å². The van der Waals surface area contributed by atoms with Crippen molar-refractivity contribution in [2.45, 2.75) is 52.0 Å². The van der Waals surface area contributed by atoms with Gasteiger partial charge in [-0.15, -0.1) is 0 Å². The summed E-state index contributed by atoms with van der Waals surface area (Å²) in [6, 6.07) is 6.60. The molecule has 2 aromatic rings. The Balaban J connectivity index is 1.89. The summed E-state index contributed by atoms with van der Waals surface area (Å²) in [4.78, 5) is 11.8. The molecule has 0 aromatic carbocycles. The zero-order chi connectivity index (χ0) is 15.0. The summed E-state index contributed by atoms with van der Waals surface area (Å²) in [6.07, 6.45) is 2.33. The molecule has 0 bridgehead atoms. The molecule has 0 N–H and O–H groups in total. The molecule has 5 heteroatoms. The van der Waals surface area contributed by atoms with Gasteiger partial charge in [0.25, 0.3) is 0 Å². The van der Waals surface area contributed by atoms with Crippen molar-refractivity contribution in [3.05, 3.63) is 35.4 Å². The molecule has 1 fully saturated rings. The predicted molar refractivity (Wildman–Crippen MR) is 86.9 cm³/mol. The van der Waals surface area contributed by atoms with Crippen LogP contribution in [0.15, 0.2) is 18.2 Å². The number of rotatable bonds is 2. The Labute approximate surface area is 130 Å². The van der Waals surface area contributed by atoms with Crippen LogP contribution in [0.3, 0.4) is 0 Å². The number of pyridine rings is 1. The summed E-state index contributed by atoms with van der Waals surface area (Å²) < 4.78 is 4.55. The Bertz CT molecular complexity index is 629. The quantitative estimate of drug-likeness (QED) is 0.844. The van der Waals surface area contributed by atoms with Crippen LogP contribution in [0, 0.1) is 6.92 Å². The van der Waals surface area contributed by atoms with Crippen LogP contribution in [0.2, 0.25) is 0 Å². The van der Waals surface area contributed by atoms with Crippen LogP contribution >= 0.6 is 11.5 Å². The van der Waals surface area contributed by atoms with E-state index in [1.165, 1.54) is 18.0 Å². The van der Waals surface area contributed by atoms with Gasteiger partial charge < -0.3 is 4.90 Å². The number of aromatic nitrogens is 3. The van der Waals surface area contributed by atoms with Crippen molar-refractivity contribution in [3.8, 4) is 0 Å². The lowest BCUT2D eigenvalue weighted by Crippen LogP contribution is -2.23. The summed E-state index contributed by atoms with van der Waals surface area (Å²) in [5.74, 6) is 0.936. The second kappa shape index (κ2) is 5.37. The second-order valence-electron chi connectivity index (χ2n) is 6.71. The molecule has 0 amide bonds. The van der Waals surface area contributed by atoms with Crippen molar-refractivity contribution in [2.75, 3.05) is 11.4 Å². The number of hydrogen-bond donors (Lipinski definition) is 0. The third-order valence-corrected chi connectivity index (χ3v) is 4.59. The Morgan fingerprint density at radius 1 is 1.24 bits per heavy atom. The molecule has 1 unspecified atom stereocenters. The molecule has 1 aliphatic heterocycles. The Morgan fingerprint density at radius 3 is 2.71 bits per heavy atom. The first-order chi connectivity index (χ1) is 9.95. The van der Waals surface area contributed by atoms with Gasteiger partial charge >= 0.3 is 0 Å². The van der Waals surface area contributed by atoms with E-state index in [0.29, 0.717) is 6.04 Å². The number of nitrogens with zero attached hydrogens (tertiary/aromatic N) is 4. The van der Waals surface area contributed by atoms with Crippen molar-refractivity contribution in [2.24, 2.45) is 0 Å².